The molecule has 3 aliphatic heterocycles. The van der Waals surface area contributed by atoms with E-state index in [-0.39, 0.29) is 23.4 Å². The average Bonchev–Trinajstić information content (AvgIpc) is 3.32. The van der Waals surface area contributed by atoms with Crippen LogP contribution in [-0.2, 0) is 14.8 Å². The summed E-state index contributed by atoms with van der Waals surface area (Å²) >= 11 is 0. The Labute approximate surface area is 200 Å². The number of carbonyl (C=O) groups excluding carboxylic acids is 1. The Hall–Kier alpha value is -2.62. The number of hydrogen-bond donors (Lipinski definition) is 1. The van der Waals surface area contributed by atoms with Gasteiger partial charge in [-0.25, -0.2) is 8.42 Å². The summed E-state index contributed by atoms with van der Waals surface area (Å²) in [5, 5.41) is 2.92. The van der Waals surface area contributed by atoms with Gasteiger partial charge in [0.15, 0.2) is 11.5 Å². The van der Waals surface area contributed by atoms with E-state index in [9.17, 15) is 13.2 Å². The normalized spacial score (nSPS) is 21.4. The van der Waals surface area contributed by atoms with E-state index in [1.54, 1.807) is 28.6 Å². The van der Waals surface area contributed by atoms with Gasteiger partial charge in [-0.15, -0.1) is 0 Å². The number of benzene rings is 2. The number of ether oxygens (including phenoxy) is 2. The quantitative estimate of drug-likeness (QED) is 0.675. The lowest BCUT2D eigenvalue weighted by molar-refractivity contribution is -0.117. The van der Waals surface area contributed by atoms with Crippen LogP contribution in [0, 0.1) is 0 Å². The molecule has 3 heterocycles. The summed E-state index contributed by atoms with van der Waals surface area (Å²) in [6.45, 7) is 3.37. The van der Waals surface area contributed by atoms with E-state index in [4.69, 9.17) is 9.47 Å². The summed E-state index contributed by atoms with van der Waals surface area (Å²) in [6, 6.07) is 12.7. The molecule has 1 amide bonds. The predicted octanol–water partition coefficient (Wildman–Crippen LogP) is 3.41. The van der Waals surface area contributed by atoms with Gasteiger partial charge in [-0.1, -0.05) is 12.5 Å². The van der Waals surface area contributed by atoms with Crippen molar-refractivity contribution in [1.82, 2.24) is 9.21 Å². The number of piperidine rings is 1. The number of nitrogens with one attached hydrogen (secondary N) is 1. The van der Waals surface area contributed by atoms with Gasteiger partial charge in [0, 0.05) is 24.8 Å². The first-order chi connectivity index (χ1) is 16.5. The Morgan fingerprint density at radius 3 is 2.41 bits per heavy atom. The lowest BCUT2D eigenvalue weighted by atomic mass is 10.0. The van der Waals surface area contributed by atoms with Gasteiger partial charge in [0.05, 0.1) is 11.4 Å². The highest BCUT2D eigenvalue weighted by Gasteiger charge is 2.29. The van der Waals surface area contributed by atoms with E-state index in [1.807, 2.05) is 12.1 Å². The van der Waals surface area contributed by atoms with Gasteiger partial charge in [0.1, 0.15) is 13.2 Å². The summed E-state index contributed by atoms with van der Waals surface area (Å²) in [4.78, 5) is 15.2. The van der Waals surface area contributed by atoms with Gasteiger partial charge in [-0.05, 0) is 74.2 Å². The first-order valence-corrected chi connectivity index (χ1v) is 13.5. The first-order valence-electron chi connectivity index (χ1n) is 12.0. The SMILES string of the molecule is O=C(CN1CCCC1c1ccc2c(c1)OCCO2)Nc1ccc(S(=O)(=O)N2CCCCC2)cc1. The smallest absolute Gasteiger partial charge is 0.243 e. The van der Waals surface area contributed by atoms with Crippen molar-refractivity contribution in [3.63, 3.8) is 0 Å². The fraction of sp³-hybridized carbons (Fsp3) is 0.480. The molecule has 2 saturated heterocycles. The molecule has 5 rings (SSSR count). The van der Waals surface area contributed by atoms with Crippen LogP contribution < -0.4 is 14.8 Å². The maximum atomic E-state index is 12.8. The van der Waals surface area contributed by atoms with E-state index in [1.165, 1.54) is 0 Å². The number of carbonyl (C=O) groups is 1. The van der Waals surface area contributed by atoms with Crippen molar-refractivity contribution in [1.29, 1.82) is 0 Å². The van der Waals surface area contributed by atoms with Gasteiger partial charge >= 0.3 is 0 Å². The molecular formula is C25H31N3O5S. The largest absolute Gasteiger partial charge is 0.486 e. The number of nitrogens with zero attached hydrogens (tertiary/aromatic N) is 2. The maximum absolute atomic E-state index is 12.8. The highest BCUT2D eigenvalue weighted by molar-refractivity contribution is 7.89. The maximum Gasteiger partial charge on any atom is 0.243 e. The minimum absolute atomic E-state index is 0.115. The van der Waals surface area contributed by atoms with Gasteiger partial charge < -0.3 is 14.8 Å². The molecule has 0 aliphatic carbocycles. The molecule has 2 aromatic rings. The second-order valence-electron chi connectivity index (χ2n) is 9.07. The zero-order chi connectivity index (χ0) is 23.5. The Morgan fingerprint density at radius 1 is 0.912 bits per heavy atom. The molecule has 3 aliphatic rings. The zero-order valence-electron chi connectivity index (χ0n) is 19.2. The number of rotatable bonds is 6. The van der Waals surface area contributed by atoms with Crippen LogP contribution in [0.25, 0.3) is 0 Å². The highest BCUT2D eigenvalue weighted by Crippen LogP contribution is 2.38. The van der Waals surface area contributed by atoms with E-state index in [0.29, 0.717) is 32.0 Å². The monoisotopic (exact) mass is 485 g/mol. The van der Waals surface area contributed by atoms with Crippen LogP contribution in [0.5, 0.6) is 11.5 Å². The van der Waals surface area contributed by atoms with Crippen molar-refractivity contribution >= 4 is 21.6 Å². The molecule has 9 heteroatoms. The summed E-state index contributed by atoms with van der Waals surface area (Å²) in [5.74, 6) is 1.42. The Bertz CT molecular complexity index is 1130. The molecule has 0 saturated carbocycles. The zero-order valence-corrected chi connectivity index (χ0v) is 20.1. The number of likely N-dealkylation sites (tertiary alicyclic amines) is 1. The van der Waals surface area contributed by atoms with Gasteiger partial charge in [0.25, 0.3) is 0 Å². The lowest BCUT2D eigenvalue weighted by Crippen LogP contribution is -2.35. The summed E-state index contributed by atoms with van der Waals surface area (Å²) in [5.41, 5.74) is 1.72. The molecule has 1 unspecified atom stereocenters. The van der Waals surface area contributed by atoms with Crippen molar-refractivity contribution < 1.29 is 22.7 Å². The molecule has 0 bridgehead atoms. The minimum Gasteiger partial charge on any atom is -0.486 e. The van der Waals surface area contributed by atoms with E-state index in [0.717, 1.165) is 55.7 Å². The highest BCUT2D eigenvalue weighted by atomic mass is 32.2. The first kappa shape index (κ1) is 23.1. The van der Waals surface area contributed by atoms with Crippen molar-refractivity contribution in [2.75, 3.05) is 44.7 Å². The molecule has 1 N–H and O–H groups in total. The van der Waals surface area contributed by atoms with Crippen LogP contribution in [0.3, 0.4) is 0 Å². The molecule has 182 valence electrons. The Morgan fingerprint density at radius 2 is 1.65 bits per heavy atom. The fourth-order valence-electron chi connectivity index (χ4n) is 5.01. The lowest BCUT2D eigenvalue weighted by Gasteiger charge is -2.26. The number of amides is 1. The molecule has 2 fully saturated rings. The van der Waals surface area contributed by atoms with Crippen molar-refractivity contribution in [2.45, 2.75) is 43.0 Å². The molecule has 0 spiro atoms. The Balaban J connectivity index is 1.21. The summed E-state index contributed by atoms with van der Waals surface area (Å²) in [6.07, 6.45) is 4.88. The standard InChI is InChI=1S/C25H31N3O5S/c29-25(26-20-7-9-21(10-8-20)34(30,31)28-13-2-1-3-14-28)18-27-12-4-5-22(27)19-6-11-23-24(17-19)33-16-15-32-23/h6-11,17,22H,1-5,12-16,18H2,(H,26,29). The molecule has 0 radical (unpaired) electrons. The third kappa shape index (κ3) is 4.92. The van der Waals surface area contributed by atoms with Crippen LogP contribution >= 0.6 is 0 Å². The third-order valence-electron chi connectivity index (χ3n) is 6.75. The predicted molar refractivity (Wildman–Crippen MR) is 129 cm³/mol. The second kappa shape index (κ2) is 9.93. The summed E-state index contributed by atoms with van der Waals surface area (Å²) in [7, 11) is -3.48. The molecule has 34 heavy (non-hydrogen) atoms. The Kier molecular flexibility index (Phi) is 6.76. The number of hydrogen-bond acceptors (Lipinski definition) is 6. The number of fused-ring (bicyclic) bond motifs is 1. The van der Waals surface area contributed by atoms with Crippen molar-refractivity contribution in [2.24, 2.45) is 0 Å². The molecule has 2 aromatic carbocycles. The van der Waals surface area contributed by atoms with Crippen LogP contribution in [0.1, 0.15) is 43.7 Å². The van der Waals surface area contributed by atoms with Crippen LogP contribution in [-0.4, -0.2) is 62.9 Å². The topological polar surface area (TPSA) is 88.2 Å². The van der Waals surface area contributed by atoms with E-state index < -0.39 is 10.0 Å². The number of anilines is 1. The van der Waals surface area contributed by atoms with E-state index in [2.05, 4.69) is 16.3 Å². The summed E-state index contributed by atoms with van der Waals surface area (Å²) < 4.78 is 38.5. The number of sulfonamides is 1. The molecule has 1 atom stereocenters. The third-order valence-corrected chi connectivity index (χ3v) is 8.67. The van der Waals surface area contributed by atoms with Crippen molar-refractivity contribution in [3.05, 3.63) is 48.0 Å². The van der Waals surface area contributed by atoms with E-state index >= 15 is 0 Å². The molecule has 0 aromatic heterocycles. The fourth-order valence-corrected chi connectivity index (χ4v) is 6.53. The second-order valence-corrected chi connectivity index (χ2v) is 11.0. The minimum atomic E-state index is -3.48. The molecule has 8 nitrogen and oxygen atoms in total. The van der Waals surface area contributed by atoms with Gasteiger partial charge in [-0.2, -0.15) is 4.31 Å². The molecular weight excluding hydrogens is 454 g/mol. The van der Waals surface area contributed by atoms with Crippen LogP contribution in [0.4, 0.5) is 5.69 Å². The van der Waals surface area contributed by atoms with Crippen LogP contribution in [0.2, 0.25) is 0 Å². The van der Waals surface area contributed by atoms with Gasteiger partial charge in [-0.3, -0.25) is 9.69 Å². The average molecular weight is 486 g/mol. The van der Waals surface area contributed by atoms with Crippen LogP contribution in [0.15, 0.2) is 47.4 Å². The van der Waals surface area contributed by atoms with Gasteiger partial charge in [0.2, 0.25) is 15.9 Å². The van der Waals surface area contributed by atoms with Crippen molar-refractivity contribution in [3.8, 4) is 11.5 Å².